The Morgan fingerprint density at radius 3 is 2.70 bits per heavy atom. The van der Waals surface area contributed by atoms with E-state index in [1.807, 2.05) is 13.0 Å². The zero-order valence-corrected chi connectivity index (χ0v) is 11.6. The van der Waals surface area contributed by atoms with Crippen LogP contribution in [0, 0.1) is 10.1 Å². The number of nitro groups is 1. The van der Waals surface area contributed by atoms with Gasteiger partial charge in [-0.2, -0.15) is 0 Å². The molecule has 0 bridgehead atoms. The molecule has 0 radical (unpaired) electrons. The molecule has 7 nitrogen and oxygen atoms in total. The molecule has 1 aromatic carbocycles. The number of para-hydroxylation sites is 1. The van der Waals surface area contributed by atoms with E-state index in [9.17, 15) is 14.9 Å². The molecule has 1 saturated heterocycles. The SMILES string of the molecule is CCNc1c(CN2CCN(C)C2=O)cccc1[N+](=O)[O-]. The minimum atomic E-state index is -0.403. The first-order valence-corrected chi connectivity index (χ1v) is 6.54. The Hall–Kier alpha value is -2.31. The summed E-state index contributed by atoms with van der Waals surface area (Å²) in [4.78, 5) is 25.9. The largest absolute Gasteiger partial charge is 0.379 e. The van der Waals surface area contributed by atoms with Crippen LogP contribution < -0.4 is 5.32 Å². The summed E-state index contributed by atoms with van der Waals surface area (Å²) in [7, 11) is 1.75. The first-order chi connectivity index (χ1) is 9.54. The Morgan fingerprint density at radius 2 is 2.15 bits per heavy atom. The average molecular weight is 278 g/mol. The highest BCUT2D eigenvalue weighted by molar-refractivity contribution is 5.77. The van der Waals surface area contributed by atoms with Crippen molar-refractivity contribution in [2.45, 2.75) is 13.5 Å². The van der Waals surface area contributed by atoms with Gasteiger partial charge in [-0.15, -0.1) is 0 Å². The molecule has 1 aliphatic rings. The number of hydrogen-bond acceptors (Lipinski definition) is 4. The van der Waals surface area contributed by atoms with Crippen molar-refractivity contribution in [2.75, 3.05) is 32.0 Å². The molecule has 1 fully saturated rings. The summed E-state index contributed by atoms with van der Waals surface area (Å²) < 4.78 is 0. The second kappa shape index (κ2) is 5.77. The zero-order valence-electron chi connectivity index (χ0n) is 11.6. The van der Waals surface area contributed by atoms with E-state index < -0.39 is 4.92 Å². The molecule has 1 N–H and O–H groups in total. The summed E-state index contributed by atoms with van der Waals surface area (Å²) in [5.74, 6) is 0. The molecule has 0 atom stereocenters. The van der Waals surface area contributed by atoms with Gasteiger partial charge in [0.25, 0.3) is 5.69 Å². The van der Waals surface area contributed by atoms with E-state index in [4.69, 9.17) is 0 Å². The maximum absolute atomic E-state index is 11.9. The van der Waals surface area contributed by atoms with Gasteiger partial charge in [-0.25, -0.2) is 4.79 Å². The monoisotopic (exact) mass is 278 g/mol. The van der Waals surface area contributed by atoms with Crippen molar-refractivity contribution in [3.63, 3.8) is 0 Å². The summed E-state index contributed by atoms with van der Waals surface area (Å²) in [5, 5.41) is 14.1. The molecule has 2 rings (SSSR count). The molecule has 7 heteroatoms. The Bertz CT molecular complexity index is 532. The number of urea groups is 1. The van der Waals surface area contributed by atoms with Crippen LogP contribution in [-0.2, 0) is 6.54 Å². The number of nitrogens with zero attached hydrogens (tertiary/aromatic N) is 3. The van der Waals surface area contributed by atoms with Crippen molar-refractivity contribution in [2.24, 2.45) is 0 Å². The van der Waals surface area contributed by atoms with Crippen LogP contribution in [0.2, 0.25) is 0 Å². The highest BCUT2D eigenvalue weighted by Gasteiger charge is 2.27. The van der Waals surface area contributed by atoms with Crippen LogP contribution in [0.1, 0.15) is 12.5 Å². The van der Waals surface area contributed by atoms with Crippen LogP contribution in [0.25, 0.3) is 0 Å². The maximum Gasteiger partial charge on any atom is 0.320 e. The number of likely N-dealkylation sites (N-methyl/N-ethyl adjacent to an activating group) is 1. The number of carbonyl (C=O) groups excluding carboxylic acids is 1. The van der Waals surface area contributed by atoms with Gasteiger partial charge in [0.2, 0.25) is 0 Å². The normalized spacial score (nSPS) is 14.8. The third-order valence-electron chi connectivity index (χ3n) is 3.34. The number of carbonyl (C=O) groups is 1. The van der Waals surface area contributed by atoms with Crippen LogP contribution in [0.15, 0.2) is 18.2 Å². The molecule has 2 amide bonds. The fraction of sp³-hybridized carbons (Fsp3) is 0.462. The Kier molecular flexibility index (Phi) is 4.07. The minimum Gasteiger partial charge on any atom is -0.379 e. The zero-order chi connectivity index (χ0) is 14.7. The second-order valence-corrected chi connectivity index (χ2v) is 4.72. The van der Waals surface area contributed by atoms with Crippen molar-refractivity contribution < 1.29 is 9.72 Å². The number of nitro benzene ring substituents is 1. The smallest absolute Gasteiger partial charge is 0.320 e. The lowest BCUT2D eigenvalue weighted by Gasteiger charge is -2.18. The van der Waals surface area contributed by atoms with E-state index in [0.717, 1.165) is 5.56 Å². The van der Waals surface area contributed by atoms with Gasteiger partial charge >= 0.3 is 6.03 Å². The van der Waals surface area contributed by atoms with Crippen LogP contribution >= 0.6 is 0 Å². The maximum atomic E-state index is 11.9. The molecule has 0 aliphatic carbocycles. The quantitative estimate of drug-likeness (QED) is 0.659. The summed E-state index contributed by atoms with van der Waals surface area (Å²) >= 11 is 0. The lowest BCUT2D eigenvalue weighted by molar-refractivity contribution is -0.384. The van der Waals surface area contributed by atoms with Gasteiger partial charge in [0.05, 0.1) is 4.92 Å². The molecule has 0 aromatic heterocycles. The van der Waals surface area contributed by atoms with Crippen molar-refractivity contribution in [1.82, 2.24) is 9.80 Å². The first kappa shape index (κ1) is 14.1. The van der Waals surface area contributed by atoms with Gasteiger partial charge in [0.1, 0.15) is 5.69 Å². The van der Waals surface area contributed by atoms with Crippen LogP contribution in [-0.4, -0.2) is 47.4 Å². The van der Waals surface area contributed by atoms with Crippen molar-refractivity contribution in [1.29, 1.82) is 0 Å². The van der Waals surface area contributed by atoms with Crippen molar-refractivity contribution >= 4 is 17.4 Å². The van der Waals surface area contributed by atoms with Crippen LogP contribution in [0.3, 0.4) is 0 Å². The minimum absolute atomic E-state index is 0.0426. The number of hydrogen-bond donors (Lipinski definition) is 1. The molecule has 0 spiro atoms. The fourth-order valence-corrected chi connectivity index (χ4v) is 2.31. The van der Waals surface area contributed by atoms with Gasteiger partial charge in [-0.1, -0.05) is 12.1 Å². The third-order valence-corrected chi connectivity index (χ3v) is 3.34. The predicted octanol–water partition coefficient (Wildman–Crippen LogP) is 1.89. The number of anilines is 1. The molecular weight excluding hydrogens is 260 g/mol. The molecule has 108 valence electrons. The molecule has 0 saturated carbocycles. The summed E-state index contributed by atoms with van der Waals surface area (Å²) in [5.41, 5.74) is 1.32. The fourth-order valence-electron chi connectivity index (χ4n) is 2.31. The Labute approximate surface area is 117 Å². The highest BCUT2D eigenvalue weighted by Crippen LogP contribution is 2.29. The Balaban J connectivity index is 2.29. The van der Waals surface area contributed by atoms with Gasteiger partial charge in [-0.3, -0.25) is 10.1 Å². The van der Waals surface area contributed by atoms with E-state index in [0.29, 0.717) is 31.9 Å². The second-order valence-electron chi connectivity index (χ2n) is 4.72. The molecule has 1 aliphatic heterocycles. The van der Waals surface area contributed by atoms with Crippen LogP contribution in [0.4, 0.5) is 16.2 Å². The predicted molar refractivity (Wildman–Crippen MR) is 75.7 cm³/mol. The number of benzene rings is 1. The molecule has 1 heterocycles. The van der Waals surface area contributed by atoms with Gasteiger partial charge < -0.3 is 15.1 Å². The standard InChI is InChI=1S/C13H18N4O3/c1-3-14-12-10(5-4-6-11(12)17(19)20)9-16-8-7-15(2)13(16)18/h4-6,14H,3,7-9H2,1-2H3. The lowest BCUT2D eigenvalue weighted by Crippen LogP contribution is -2.29. The van der Waals surface area contributed by atoms with E-state index in [-0.39, 0.29) is 11.7 Å². The van der Waals surface area contributed by atoms with Crippen molar-refractivity contribution in [3.05, 3.63) is 33.9 Å². The molecular formula is C13H18N4O3. The lowest BCUT2D eigenvalue weighted by atomic mass is 10.1. The van der Waals surface area contributed by atoms with E-state index >= 15 is 0 Å². The topological polar surface area (TPSA) is 78.7 Å². The van der Waals surface area contributed by atoms with Gasteiger partial charge in [-0.05, 0) is 6.92 Å². The highest BCUT2D eigenvalue weighted by atomic mass is 16.6. The van der Waals surface area contributed by atoms with Crippen molar-refractivity contribution in [3.8, 4) is 0 Å². The number of amides is 2. The van der Waals surface area contributed by atoms with E-state index in [1.54, 1.807) is 22.9 Å². The number of nitrogens with one attached hydrogen (secondary N) is 1. The first-order valence-electron chi connectivity index (χ1n) is 6.54. The van der Waals surface area contributed by atoms with Gasteiger partial charge in [0, 0.05) is 44.9 Å². The molecule has 20 heavy (non-hydrogen) atoms. The average Bonchev–Trinajstić information content (AvgIpc) is 2.72. The Morgan fingerprint density at radius 1 is 1.40 bits per heavy atom. The van der Waals surface area contributed by atoms with Gasteiger partial charge in [0.15, 0.2) is 0 Å². The van der Waals surface area contributed by atoms with E-state index in [2.05, 4.69) is 5.32 Å². The third kappa shape index (κ3) is 2.66. The summed E-state index contributed by atoms with van der Waals surface area (Å²) in [6.45, 7) is 4.18. The molecule has 0 unspecified atom stereocenters. The number of rotatable bonds is 5. The summed E-state index contributed by atoms with van der Waals surface area (Å²) in [6, 6.07) is 4.90. The van der Waals surface area contributed by atoms with Crippen LogP contribution in [0.5, 0.6) is 0 Å². The molecule has 1 aromatic rings. The summed E-state index contributed by atoms with van der Waals surface area (Å²) in [6.07, 6.45) is 0. The van der Waals surface area contributed by atoms with E-state index in [1.165, 1.54) is 6.07 Å².